The Labute approximate surface area is 178 Å². The van der Waals surface area contributed by atoms with Crippen molar-refractivity contribution >= 4 is 10.0 Å². The van der Waals surface area contributed by atoms with Crippen LogP contribution in [-0.4, -0.2) is 42.5 Å². The molecule has 2 bridgehead atoms. The van der Waals surface area contributed by atoms with Gasteiger partial charge in [-0.15, -0.1) is 13.2 Å². The van der Waals surface area contributed by atoms with E-state index < -0.39 is 16.4 Å². The lowest BCUT2D eigenvalue weighted by atomic mass is 9.84. The number of nitrogens with zero attached hydrogens (tertiary/aromatic N) is 2. The van der Waals surface area contributed by atoms with Crippen molar-refractivity contribution in [3.8, 4) is 16.9 Å². The molecular weight excluding hydrogens is 433 g/mol. The number of alkyl halides is 3. The minimum absolute atomic E-state index is 0.0494. The van der Waals surface area contributed by atoms with E-state index in [9.17, 15) is 26.4 Å². The number of halogens is 3. The van der Waals surface area contributed by atoms with Gasteiger partial charge in [-0.25, -0.2) is 12.7 Å². The Morgan fingerprint density at radius 3 is 2.42 bits per heavy atom. The molecule has 2 aromatic rings. The molecule has 0 radical (unpaired) electrons. The van der Waals surface area contributed by atoms with Gasteiger partial charge in [0, 0.05) is 36.8 Å². The van der Waals surface area contributed by atoms with E-state index >= 15 is 0 Å². The van der Waals surface area contributed by atoms with Crippen molar-refractivity contribution in [1.29, 1.82) is 0 Å². The highest BCUT2D eigenvalue weighted by Crippen LogP contribution is 2.37. The fourth-order valence-electron chi connectivity index (χ4n) is 4.57. The predicted octanol–water partition coefficient (Wildman–Crippen LogP) is 3.57. The van der Waals surface area contributed by atoms with Crippen LogP contribution in [0.2, 0.25) is 0 Å². The average molecular weight is 456 g/mol. The van der Waals surface area contributed by atoms with Crippen LogP contribution in [0.5, 0.6) is 5.75 Å². The smallest absolute Gasteiger partial charge is 0.406 e. The Kier molecular flexibility index (Phi) is 5.63. The number of hydrogen-bond acceptors (Lipinski definition) is 4. The number of ether oxygens (including phenoxy) is 1. The van der Waals surface area contributed by atoms with E-state index in [0.29, 0.717) is 37.2 Å². The molecule has 0 saturated carbocycles. The highest BCUT2D eigenvalue weighted by atomic mass is 32.2. The summed E-state index contributed by atoms with van der Waals surface area (Å²) in [5.41, 5.74) is 1.47. The van der Waals surface area contributed by atoms with Gasteiger partial charge in [0.25, 0.3) is 5.56 Å². The third kappa shape index (κ3) is 4.50. The van der Waals surface area contributed by atoms with E-state index in [4.69, 9.17) is 0 Å². The third-order valence-electron chi connectivity index (χ3n) is 5.83. The number of rotatable bonds is 5. The molecule has 6 nitrogen and oxygen atoms in total. The summed E-state index contributed by atoms with van der Waals surface area (Å²) in [5, 5.41) is 0. The maximum atomic E-state index is 13.2. The van der Waals surface area contributed by atoms with Gasteiger partial charge < -0.3 is 9.30 Å². The molecule has 2 atom stereocenters. The first kappa shape index (κ1) is 21.9. The molecule has 1 aromatic carbocycles. The first-order valence-corrected chi connectivity index (χ1v) is 11.8. The van der Waals surface area contributed by atoms with Crippen molar-refractivity contribution in [2.75, 3.05) is 18.8 Å². The van der Waals surface area contributed by atoms with E-state index in [1.807, 2.05) is 13.0 Å². The van der Waals surface area contributed by atoms with Gasteiger partial charge in [0.1, 0.15) is 5.75 Å². The summed E-state index contributed by atoms with van der Waals surface area (Å²) in [7, 11) is -3.30. The molecule has 168 valence electrons. The van der Waals surface area contributed by atoms with Crippen LogP contribution in [0.15, 0.2) is 41.2 Å². The predicted molar refractivity (Wildman–Crippen MR) is 109 cm³/mol. The maximum Gasteiger partial charge on any atom is 0.573 e. The summed E-state index contributed by atoms with van der Waals surface area (Å²) in [6.45, 7) is 3.02. The van der Waals surface area contributed by atoms with Crippen molar-refractivity contribution < 1.29 is 26.3 Å². The molecule has 3 heterocycles. The Balaban J connectivity index is 1.62. The fourth-order valence-corrected chi connectivity index (χ4v) is 6.19. The van der Waals surface area contributed by atoms with Crippen LogP contribution >= 0.6 is 0 Å². The molecule has 4 rings (SSSR count). The van der Waals surface area contributed by atoms with Crippen LogP contribution in [0.4, 0.5) is 13.2 Å². The maximum absolute atomic E-state index is 13.2. The highest BCUT2D eigenvalue weighted by molar-refractivity contribution is 7.89. The van der Waals surface area contributed by atoms with Crippen LogP contribution in [0.1, 0.15) is 31.4 Å². The third-order valence-corrected chi connectivity index (χ3v) is 7.83. The Morgan fingerprint density at radius 1 is 1.06 bits per heavy atom. The van der Waals surface area contributed by atoms with Gasteiger partial charge >= 0.3 is 6.36 Å². The molecule has 1 fully saturated rings. The van der Waals surface area contributed by atoms with Crippen molar-refractivity contribution in [2.24, 2.45) is 5.92 Å². The van der Waals surface area contributed by atoms with Gasteiger partial charge in [0.05, 0.1) is 5.75 Å². The van der Waals surface area contributed by atoms with E-state index in [0.717, 1.165) is 12.1 Å². The Hall–Kier alpha value is -2.33. The number of fused-ring (bicyclic) bond motifs is 4. The van der Waals surface area contributed by atoms with E-state index in [-0.39, 0.29) is 28.9 Å². The van der Waals surface area contributed by atoms with Gasteiger partial charge in [0.2, 0.25) is 10.0 Å². The van der Waals surface area contributed by atoms with Crippen LogP contribution in [0.25, 0.3) is 11.1 Å². The molecule has 1 aromatic heterocycles. The van der Waals surface area contributed by atoms with Crippen LogP contribution < -0.4 is 10.3 Å². The van der Waals surface area contributed by atoms with Crippen LogP contribution in [-0.2, 0) is 16.6 Å². The Morgan fingerprint density at radius 2 is 1.77 bits per heavy atom. The highest BCUT2D eigenvalue weighted by Gasteiger charge is 2.39. The first-order chi connectivity index (χ1) is 14.6. The molecule has 0 amide bonds. The number of aromatic nitrogens is 1. The second-order valence-corrected chi connectivity index (χ2v) is 10.2. The SMILES string of the molecule is CCCS(=O)(=O)N1C[C@H]2C[C@H](C1)c1ccc(-c3ccc(OC(F)(F)F)cc3)c(=O)n1C2. The fraction of sp³-hybridized carbons (Fsp3) is 0.476. The lowest BCUT2D eigenvalue weighted by molar-refractivity contribution is -0.274. The molecule has 10 heteroatoms. The summed E-state index contributed by atoms with van der Waals surface area (Å²) < 4.78 is 69.3. The molecule has 31 heavy (non-hydrogen) atoms. The number of hydrogen-bond donors (Lipinski definition) is 0. The molecule has 0 unspecified atom stereocenters. The molecular formula is C21H23F3N2O4S. The van der Waals surface area contributed by atoms with Crippen molar-refractivity contribution in [3.63, 3.8) is 0 Å². The molecule has 0 N–H and O–H groups in total. The number of piperidine rings is 1. The van der Waals surface area contributed by atoms with E-state index in [1.165, 1.54) is 24.3 Å². The zero-order valence-electron chi connectivity index (χ0n) is 16.9. The van der Waals surface area contributed by atoms with Gasteiger partial charge in [-0.1, -0.05) is 19.1 Å². The standard InChI is InChI=1S/C21H23F3N2O4S/c1-2-9-31(28,29)25-11-14-10-16(13-25)19-8-7-18(20(27)26(19)12-14)15-3-5-17(6-4-15)30-21(22,23)24/h3-8,14,16H,2,9-13H2,1H3/t14-,16-/m1/s1. The minimum atomic E-state index is -4.77. The number of benzene rings is 1. The van der Waals surface area contributed by atoms with Gasteiger partial charge in [0.15, 0.2) is 0 Å². The summed E-state index contributed by atoms with van der Waals surface area (Å²) in [6.07, 6.45) is -3.38. The molecule has 0 aliphatic carbocycles. The number of pyridine rings is 1. The molecule has 1 saturated heterocycles. The van der Waals surface area contributed by atoms with Crippen molar-refractivity contribution in [1.82, 2.24) is 8.87 Å². The summed E-state index contributed by atoms with van der Waals surface area (Å²) >= 11 is 0. The molecule has 2 aliphatic rings. The zero-order valence-corrected chi connectivity index (χ0v) is 17.7. The Bertz CT molecular complexity index is 1130. The van der Waals surface area contributed by atoms with E-state index in [2.05, 4.69) is 4.74 Å². The summed E-state index contributed by atoms with van der Waals surface area (Å²) in [4.78, 5) is 13.2. The minimum Gasteiger partial charge on any atom is -0.406 e. The molecule has 0 spiro atoms. The van der Waals surface area contributed by atoms with Crippen LogP contribution in [0.3, 0.4) is 0 Å². The second-order valence-electron chi connectivity index (χ2n) is 8.09. The lowest BCUT2D eigenvalue weighted by Crippen LogP contribution is -2.49. The zero-order chi connectivity index (χ0) is 22.4. The summed E-state index contributed by atoms with van der Waals surface area (Å²) in [5.74, 6) is -0.235. The first-order valence-electron chi connectivity index (χ1n) is 10.1. The topological polar surface area (TPSA) is 68.6 Å². The average Bonchev–Trinajstić information content (AvgIpc) is 2.68. The largest absolute Gasteiger partial charge is 0.573 e. The van der Waals surface area contributed by atoms with E-state index in [1.54, 1.807) is 14.9 Å². The van der Waals surface area contributed by atoms with Crippen LogP contribution in [0, 0.1) is 5.92 Å². The van der Waals surface area contributed by atoms with Gasteiger partial charge in [-0.2, -0.15) is 0 Å². The quantitative estimate of drug-likeness (QED) is 0.690. The van der Waals surface area contributed by atoms with Crippen molar-refractivity contribution in [3.05, 3.63) is 52.4 Å². The lowest BCUT2D eigenvalue weighted by Gasteiger charge is -2.42. The van der Waals surface area contributed by atoms with Crippen molar-refractivity contribution in [2.45, 2.75) is 38.6 Å². The van der Waals surface area contributed by atoms with Gasteiger partial charge in [-0.3, -0.25) is 4.79 Å². The normalized spacial score (nSPS) is 21.5. The summed E-state index contributed by atoms with van der Waals surface area (Å²) in [6, 6.07) is 8.69. The monoisotopic (exact) mass is 456 g/mol. The molecule has 2 aliphatic heterocycles. The number of sulfonamides is 1. The van der Waals surface area contributed by atoms with Gasteiger partial charge in [-0.05, 0) is 48.6 Å². The second kappa shape index (κ2) is 7.98.